The Labute approximate surface area is 513 Å². The number of rotatable bonds is 41. The monoisotopic (exact) mass is 1440 g/mol. The van der Waals surface area contributed by atoms with Gasteiger partial charge in [0.15, 0.2) is 17.7 Å². The number of ether oxygens (including phenoxy) is 2. The number of nitrogens with two attached hydrogens (primary N) is 1. The lowest BCUT2D eigenvalue weighted by Gasteiger charge is -2.25. The van der Waals surface area contributed by atoms with Crippen molar-refractivity contribution in [1.82, 2.24) is 29.1 Å². The minimum Gasteiger partial charge on any atom is -0.390 e. The number of anilines is 1. The van der Waals surface area contributed by atoms with Gasteiger partial charge in [-0.3, -0.25) is 83.0 Å². The van der Waals surface area contributed by atoms with Gasteiger partial charge in [-0.15, -0.1) is 0 Å². The van der Waals surface area contributed by atoms with Crippen LogP contribution < -0.4 is 22.5 Å². The number of nitrogen functional groups attached to an aromatic ring is 1. The van der Waals surface area contributed by atoms with Crippen molar-refractivity contribution in [2.24, 2.45) is 5.92 Å². The molecule has 3 aromatic heterocycles. The summed E-state index contributed by atoms with van der Waals surface area (Å²) in [6.07, 6.45) is -5.55. The normalized spacial score (nSPS) is 23.6. The number of nitrogens with zero attached hydrogens (tertiary/aromatic N) is 4. The minimum atomic E-state index is -4.89. The number of aryl methyl sites for hydroxylation is 1. The number of fused-ring (bicyclic) bond motifs is 1. The molecule has 0 saturated carbocycles. The van der Waals surface area contributed by atoms with Crippen molar-refractivity contribution in [3.63, 3.8) is 0 Å². The number of phosphoric acid groups is 6. The fraction of sp³-hybridized carbons (Fsp3) is 0.786. The molecule has 514 valence electrons. The highest BCUT2D eigenvalue weighted by molar-refractivity contribution is 8.09. The van der Waals surface area contributed by atoms with Crippen LogP contribution in [0.2, 0.25) is 0 Å². The van der Waals surface area contributed by atoms with Crippen LogP contribution in [0.25, 0.3) is 11.2 Å². The Morgan fingerprint density at radius 3 is 1.39 bits per heavy atom. The number of aliphatic hydroxyl groups excluding tert-OH is 1. The van der Waals surface area contributed by atoms with E-state index < -0.39 is 185 Å². The van der Waals surface area contributed by atoms with E-state index >= 15 is 0 Å². The van der Waals surface area contributed by atoms with E-state index in [0.29, 0.717) is 0 Å². The van der Waals surface area contributed by atoms with Gasteiger partial charge in [0.2, 0.25) is 5.95 Å². The smallest absolute Gasteiger partial charge is 0.390 e. The van der Waals surface area contributed by atoms with Crippen molar-refractivity contribution in [3.8, 4) is 0 Å². The first-order chi connectivity index (χ1) is 41.3. The SMILES string of the molecule is CC(C)C.Cc1cn([C@@H]2C[C@H](O)[C@H](COP(=O)(O)OCCCOP(=O)(O)OCCCOP(=O)(O)OCCCOP(=O)(O)OCCCOP(=O)(O)OCCCOP(=O)(O)OC3CC(n4cnc5c(=O)[nH]c(N)nc54)OC3COP(O)(=S)C(C)C)O2)c(=O)[nH]c1=O. The average molecular weight is 1440 g/mol. The first-order valence-corrected chi connectivity index (χ1v) is 38.8. The third-order valence-electron chi connectivity index (χ3n) is 11.3. The Kier molecular flexibility index (Phi) is 32.3. The molecule has 10 unspecified atom stereocenters. The average Bonchev–Trinajstić information content (AvgIpc) is 1.68. The number of imidazole rings is 1. The Bertz CT molecular complexity index is 3260. The molecule has 2 saturated heterocycles. The summed E-state index contributed by atoms with van der Waals surface area (Å²) in [6, 6.07) is 0. The van der Waals surface area contributed by atoms with E-state index in [-0.39, 0.29) is 74.2 Å². The summed E-state index contributed by atoms with van der Waals surface area (Å²) in [6.45, 7) is 1.74. The topological polar surface area (TPSA) is 547 Å². The molecular formula is C42H78N7O32P7S. The second-order valence-corrected chi connectivity index (χ2v) is 32.8. The van der Waals surface area contributed by atoms with E-state index in [1.807, 2.05) is 0 Å². The van der Waals surface area contributed by atoms with Gasteiger partial charge in [0.1, 0.15) is 30.8 Å². The Morgan fingerprint density at radius 1 is 0.584 bits per heavy atom. The molecule has 0 aromatic carbocycles. The van der Waals surface area contributed by atoms with Crippen molar-refractivity contribution in [2.45, 2.75) is 129 Å². The highest BCUT2D eigenvalue weighted by Crippen LogP contribution is 2.53. The van der Waals surface area contributed by atoms with Crippen molar-refractivity contribution in [1.29, 1.82) is 0 Å². The zero-order chi connectivity index (χ0) is 66.6. The predicted octanol–water partition coefficient (Wildman–Crippen LogP) is 4.01. The molecule has 3 aromatic rings. The van der Waals surface area contributed by atoms with Crippen LogP contribution in [0, 0.1) is 12.8 Å². The minimum absolute atomic E-state index is 0.0422. The number of hydrogen-bond acceptors (Lipinski definition) is 29. The van der Waals surface area contributed by atoms with Crippen LogP contribution in [0.1, 0.15) is 97.6 Å². The number of aromatic nitrogens is 6. The molecule has 5 rings (SSSR count). The summed E-state index contributed by atoms with van der Waals surface area (Å²) in [5.41, 5.74) is 3.42. The van der Waals surface area contributed by atoms with Gasteiger partial charge in [-0.1, -0.05) is 34.6 Å². The molecule has 47 heteroatoms. The third-order valence-corrected chi connectivity index (χ3v) is 20.8. The first-order valence-electron chi connectivity index (χ1n) is 27.1. The van der Waals surface area contributed by atoms with Crippen LogP contribution in [0.5, 0.6) is 0 Å². The van der Waals surface area contributed by atoms with E-state index in [9.17, 15) is 81.1 Å². The van der Waals surface area contributed by atoms with Crippen molar-refractivity contribution in [2.75, 3.05) is 85.0 Å². The number of aromatic amines is 2. The van der Waals surface area contributed by atoms with Crippen LogP contribution in [-0.4, -0.2) is 178 Å². The van der Waals surface area contributed by atoms with Crippen LogP contribution >= 0.6 is 53.4 Å². The summed E-state index contributed by atoms with van der Waals surface area (Å²) in [5, 5.41) is 10.3. The van der Waals surface area contributed by atoms with E-state index in [1.54, 1.807) is 13.8 Å². The number of nitrogens with one attached hydrogen (secondary N) is 2. The second kappa shape index (κ2) is 36.2. The molecule has 2 fully saturated rings. The highest BCUT2D eigenvalue weighted by Gasteiger charge is 2.44. The first kappa shape index (κ1) is 79.4. The molecule has 2 aliphatic rings. The summed E-state index contributed by atoms with van der Waals surface area (Å²) in [5.74, 6) is 0.623. The van der Waals surface area contributed by atoms with Gasteiger partial charge in [0.05, 0.1) is 91.7 Å². The number of aliphatic hydroxyl groups is 1. The molecule has 2 aliphatic heterocycles. The maximum absolute atomic E-state index is 13.0. The molecule has 39 nitrogen and oxygen atoms in total. The molecule has 13 atom stereocenters. The Morgan fingerprint density at radius 2 is 0.966 bits per heavy atom. The lowest BCUT2D eigenvalue weighted by molar-refractivity contribution is -0.0466. The molecule has 89 heavy (non-hydrogen) atoms. The molecular weight excluding hydrogens is 1360 g/mol. The van der Waals surface area contributed by atoms with Gasteiger partial charge < -0.3 is 59.1 Å². The number of H-pyrrole nitrogens is 2. The molecule has 0 amide bonds. The van der Waals surface area contributed by atoms with Gasteiger partial charge in [-0.05, 0) is 56.8 Å². The van der Waals surface area contributed by atoms with Crippen LogP contribution in [0.15, 0.2) is 26.9 Å². The molecule has 0 spiro atoms. The van der Waals surface area contributed by atoms with Gasteiger partial charge >= 0.3 is 52.6 Å². The van der Waals surface area contributed by atoms with Gasteiger partial charge in [-0.25, -0.2) is 37.2 Å². The zero-order valence-corrected chi connectivity index (χ0v) is 56.1. The lowest BCUT2D eigenvalue weighted by atomic mass is 10.2. The zero-order valence-electron chi connectivity index (χ0n) is 49.0. The van der Waals surface area contributed by atoms with Crippen LogP contribution in [0.3, 0.4) is 0 Å². The molecule has 0 radical (unpaired) electrons. The van der Waals surface area contributed by atoms with E-state index in [2.05, 4.69) is 40.7 Å². The summed E-state index contributed by atoms with van der Waals surface area (Å²) in [4.78, 5) is 119. The van der Waals surface area contributed by atoms with E-state index in [0.717, 1.165) is 10.5 Å². The van der Waals surface area contributed by atoms with E-state index in [4.69, 9.17) is 85.8 Å². The Hall–Kier alpha value is -2.06. The maximum atomic E-state index is 13.0. The fourth-order valence-electron chi connectivity index (χ4n) is 7.10. The number of phosphoric ester groups is 6. The van der Waals surface area contributed by atoms with Crippen LogP contribution in [-0.2, 0) is 107 Å². The largest absolute Gasteiger partial charge is 0.472 e. The van der Waals surface area contributed by atoms with Crippen molar-refractivity contribution in [3.05, 3.63) is 49.3 Å². The van der Waals surface area contributed by atoms with Crippen molar-refractivity contribution >= 4 is 82.3 Å². The Balaban J connectivity index is 0.00000410. The summed E-state index contributed by atoms with van der Waals surface area (Å²) >= 11 is 5.19. The summed E-state index contributed by atoms with van der Waals surface area (Å²) < 4.78 is 152. The molecule has 5 heterocycles. The second-order valence-electron chi connectivity index (χ2n) is 20.1. The van der Waals surface area contributed by atoms with Gasteiger partial charge in [0, 0.05) is 30.3 Å². The third kappa shape index (κ3) is 29.2. The summed E-state index contributed by atoms with van der Waals surface area (Å²) in [7, 11) is -28.4. The van der Waals surface area contributed by atoms with Crippen molar-refractivity contribution < 1.29 is 135 Å². The fourth-order valence-corrected chi connectivity index (χ4v) is 12.9. The highest BCUT2D eigenvalue weighted by atomic mass is 32.5. The molecule has 12 N–H and O–H groups in total. The van der Waals surface area contributed by atoms with E-state index in [1.165, 1.54) is 24.0 Å². The van der Waals surface area contributed by atoms with Gasteiger partial charge in [-0.2, -0.15) is 4.98 Å². The standard InChI is InChI=1S/C38H68N7O32P7S.C4H10/c1-25(2)78(50,85)73-23-30-28(20-32(76-30)45-24-40-33-34(45)41-37(39)42-36(33)48)77-84(61,62)72-18-8-16-70-82(57,58)68-14-6-12-66-80(53,54)64-10-4-9-63-79(51,52)65-11-5-13-67-81(55,56)69-15-7-17-71-83(59,60)74-22-29-27(46)19-31(75-29)44-21-26(3)35(47)43-38(44)49;1-4(2)3/h21,24-25,27-32,46H,4-20,22-23H2,1-3H3,(H,50,85)(H,51,52)(H,53,54)(H,55,56)(H,57,58)(H,59,60)(H,61,62)(H,43,47,49)(H3,39,41,42,48);4H,1-3H3/t27-,28?,29-,30?,31-,32?,78?;/m0./s1. The maximum Gasteiger partial charge on any atom is 0.472 e. The molecule has 0 bridgehead atoms. The van der Waals surface area contributed by atoms with Crippen LogP contribution in [0.4, 0.5) is 5.95 Å². The molecule has 0 aliphatic carbocycles. The lowest BCUT2D eigenvalue weighted by Crippen LogP contribution is -2.33. The quantitative estimate of drug-likeness (QED) is 0.0282. The number of hydrogen-bond donors (Lipinski definition) is 11. The predicted molar refractivity (Wildman–Crippen MR) is 312 cm³/mol. The van der Waals surface area contributed by atoms with Gasteiger partial charge in [0.25, 0.3) is 11.1 Å².